The molecule has 136 valence electrons. The van der Waals surface area contributed by atoms with Crippen LogP contribution < -0.4 is 10.6 Å². The molecule has 1 saturated carbocycles. The van der Waals surface area contributed by atoms with E-state index >= 15 is 0 Å². The molecule has 4 rings (SSSR count). The number of benzene rings is 1. The Labute approximate surface area is 153 Å². The Balaban J connectivity index is 1.62. The van der Waals surface area contributed by atoms with Crippen molar-refractivity contribution in [2.24, 2.45) is 11.8 Å². The second kappa shape index (κ2) is 6.68. The number of nitrogens with one attached hydrogen (secondary N) is 2. The van der Waals surface area contributed by atoms with Gasteiger partial charge in [0.05, 0.1) is 6.04 Å². The number of hydrogen-bond acceptors (Lipinski definition) is 4. The van der Waals surface area contributed by atoms with Crippen LogP contribution in [0.15, 0.2) is 36.4 Å². The van der Waals surface area contributed by atoms with Crippen LogP contribution in [0.5, 0.6) is 0 Å². The first-order valence-corrected chi connectivity index (χ1v) is 9.29. The molecule has 2 fully saturated rings. The number of piperidine rings is 1. The van der Waals surface area contributed by atoms with Gasteiger partial charge in [-0.1, -0.05) is 37.3 Å². The lowest BCUT2D eigenvalue weighted by molar-refractivity contribution is 0.0933. The second-order valence-electron chi connectivity index (χ2n) is 7.21. The van der Waals surface area contributed by atoms with E-state index in [9.17, 15) is 9.59 Å². The summed E-state index contributed by atoms with van der Waals surface area (Å²) in [7, 11) is 0. The largest absolute Gasteiger partial charge is 0.347 e. The normalized spacial score (nSPS) is 24.8. The summed E-state index contributed by atoms with van der Waals surface area (Å²) in [6.07, 6.45) is 0.371. The Hall–Kier alpha value is -2.47. The van der Waals surface area contributed by atoms with Gasteiger partial charge >= 0.3 is 0 Å². The number of carbonyl (C=O) groups is 2. The molecule has 1 unspecified atom stereocenters. The molecule has 4 atom stereocenters. The van der Waals surface area contributed by atoms with Gasteiger partial charge in [-0.2, -0.15) is 5.10 Å². The number of ketones is 1. The van der Waals surface area contributed by atoms with E-state index in [4.69, 9.17) is 0 Å². The molecule has 2 aromatic rings. The molecular weight excluding hydrogens is 328 g/mol. The first kappa shape index (κ1) is 17.0. The smallest absolute Gasteiger partial charge is 0.269 e. The van der Waals surface area contributed by atoms with Crippen molar-refractivity contribution in [2.75, 3.05) is 13.1 Å². The van der Waals surface area contributed by atoms with E-state index in [0.29, 0.717) is 29.6 Å². The molecule has 2 aliphatic rings. The first-order chi connectivity index (χ1) is 12.6. The number of amides is 1. The lowest BCUT2D eigenvalue weighted by Gasteiger charge is -2.16. The van der Waals surface area contributed by atoms with E-state index in [1.54, 1.807) is 17.7 Å². The highest BCUT2D eigenvalue weighted by Gasteiger charge is 2.53. The van der Waals surface area contributed by atoms with Gasteiger partial charge in [0.25, 0.3) is 5.91 Å². The molecule has 6 nitrogen and oxygen atoms in total. The summed E-state index contributed by atoms with van der Waals surface area (Å²) >= 11 is 0. The van der Waals surface area contributed by atoms with Gasteiger partial charge in [-0.25, -0.2) is 0 Å². The number of Topliss-reactive ketones (excluding diaryl/α,β-unsaturated/α-hetero) is 1. The maximum absolute atomic E-state index is 12.9. The maximum atomic E-state index is 12.9. The summed E-state index contributed by atoms with van der Waals surface area (Å²) < 4.78 is 1.68. The fourth-order valence-corrected chi connectivity index (χ4v) is 3.91. The Morgan fingerprint density at radius 1 is 1.27 bits per heavy atom. The van der Waals surface area contributed by atoms with Crippen molar-refractivity contribution in [3.63, 3.8) is 0 Å². The van der Waals surface area contributed by atoms with Gasteiger partial charge in [0.1, 0.15) is 11.4 Å². The van der Waals surface area contributed by atoms with Gasteiger partial charge in [0, 0.05) is 31.6 Å². The van der Waals surface area contributed by atoms with Gasteiger partial charge in [0.2, 0.25) is 0 Å². The molecule has 0 spiro atoms. The molecule has 1 saturated heterocycles. The molecule has 0 radical (unpaired) electrons. The predicted octanol–water partition coefficient (Wildman–Crippen LogP) is 2.03. The van der Waals surface area contributed by atoms with Crippen LogP contribution in [0.4, 0.5) is 0 Å². The zero-order valence-corrected chi connectivity index (χ0v) is 15.1. The SMILES string of the molecule is CCC(=O)c1cc(C(=O)NC2[C@H]3CNC[C@@H]23)n([C@@H](C)c2ccccc2)n1. The Morgan fingerprint density at radius 3 is 2.62 bits per heavy atom. The van der Waals surface area contributed by atoms with Crippen molar-refractivity contribution in [2.45, 2.75) is 32.4 Å². The maximum Gasteiger partial charge on any atom is 0.269 e. The highest BCUT2D eigenvalue weighted by molar-refractivity contribution is 5.99. The minimum absolute atomic E-state index is 0.0504. The Kier molecular flexibility index (Phi) is 4.36. The van der Waals surface area contributed by atoms with Gasteiger partial charge in [-0.05, 0) is 24.3 Å². The first-order valence-electron chi connectivity index (χ1n) is 9.29. The average molecular weight is 352 g/mol. The summed E-state index contributed by atoms with van der Waals surface area (Å²) in [6.45, 7) is 5.74. The van der Waals surface area contributed by atoms with Gasteiger partial charge in [0.15, 0.2) is 5.78 Å². The summed E-state index contributed by atoms with van der Waals surface area (Å²) in [5, 5.41) is 10.9. The molecule has 1 aromatic carbocycles. The lowest BCUT2D eigenvalue weighted by Crippen LogP contribution is -2.34. The summed E-state index contributed by atoms with van der Waals surface area (Å²) in [5.41, 5.74) is 1.86. The molecule has 1 aliphatic carbocycles. The molecule has 1 amide bonds. The minimum Gasteiger partial charge on any atom is -0.347 e. The standard InChI is InChI=1S/C20H24N4O2/c1-3-18(25)16-9-17(20(26)22-19-14-10-21-11-15(14)19)24(23-16)12(2)13-7-5-4-6-8-13/h4-9,12,14-15,19,21H,3,10-11H2,1-2H3,(H,22,26)/t12-,14-,15+,19?/m0/s1. The fourth-order valence-electron chi connectivity index (χ4n) is 3.91. The van der Waals surface area contributed by atoms with Crippen molar-refractivity contribution in [3.8, 4) is 0 Å². The number of hydrogen-bond donors (Lipinski definition) is 2. The molecule has 2 heterocycles. The van der Waals surface area contributed by atoms with E-state index in [1.807, 2.05) is 37.3 Å². The van der Waals surface area contributed by atoms with Crippen LogP contribution in [0.1, 0.15) is 52.9 Å². The zero-order chi connectivity index (χ0) is 18.3. The molecule has 0 bridgehead atoms. The van der Waals surface area contributed by atoms with Crippen molar-refractivity contribution in [3.05, 3.63) is 53.3 Å². The third-order valence-corrected chi connectivity index (χ3v) is 5.61. The van der Waals surface area contributed by atoms with Gasteiger partial charge in [-0.15, -0.1) is 0 Å². The minimum atomic E-state index is -0.144. The van der Waals surface area contributed by atoms with Crippen LogP contribution in [0.2, 0.25) is 0 Å². The van der Waals surface area contributed by atoms with Crippen molar-refractivity contribution in [1.82, 2.24) is 20.4 Å². The monoisotopic (exact) mass is 352 g/mol. The summed E-state index contributed by atoms with van der Waals surface area (Å²) in [5.74, 6) is 0.887. The quantitative estimate of drug-likeness (QED) is 0.780. The van der Waals surface area contributed by atoms with Crippen LogP contribution in [-0.4, -0.2) is 40.6 Å². The number of fused-ring (bicyclic) bond motifs is 1. The molecule has 6 heteroatoms. The summed E-state index contributed by atoms with van der Waals surface area (Å²) in [6, 6.07) is 11.6. The zero-order valence-electron chi connectivity index (χ0n) is 15.1. The lowest BCUT2D eigenvalue weighted by atomic mass is 10.1. The van der Waals surface area contributed by atoms with E-state index in [0.717, 1.165) is 18.7 Å². The number of aromatic nitrogens is 2. The number of carbonyl (C=O) groups excluding carboxylic acids is 2. The third-order valence-electron chi connectivity index (χ3n) is 5.61. The number of nitrogens with zero attached hydrogens (tertiary/aromatic N) is 2. The van der Waals surface area contributed by atoms with Crippen LogP contribution >= 0.6 is 0 Å². The van der Waals surface area contributed by atoms with E-state index in [1.165, 1.54) is 0 Å². The Morgan fingerprint density at radius 2 is 1.96 bits per heavy atom. The van der Waals surface area contributed by atoms with E-state index in [-0.39, 0.29) is 23.8 Å². The Bertz CT molecular complexity index is 820. The average Bonchev–Trinajstić information content (AvgIpc) is 3.07. The van der Waals surface area contributed by atoms with Gasteiger partial charge < -0.3 is 10.6 Å². The molecular formula is C20H24N4O2. The van der Waals surface area contributed by atoms with Crippen LogP contribution in [-0.2, 0) is 0 Å². The van der Waals surface area contributed by atoms with Crippen LogP contribution in [0.25, 0.3) is 0 Å². The van der Waals surface area contributed by atoms with Crippen molar-refractivity contribution < 1.29 is 9.59 Å². The van der Waals surface area contributed by atoms with E-state index in [2.05, 4.69) is 15.7 Å². The highest BCUT2D eigenvalue weighted by Crippen LogP contribution is 2.41. The fraction of sp³-hybridized carbons (Fsp3) is 0.450. The predicted molar refractivity (Wildman–Crippen MR) is 98.2 cm³/mol. The third kappa shape index (κ3) is 2.94. The highest BCUT2D eigenvalue weighted by atomic mass is 16.2. The van der Waals surface area contributed by atoms with Gasteiger partial charge in [-0.3, -0.25) is 14.3 Å². The van der Waals surface area contributed by atoms with E-state index < -0.39 is 0 Å². The molecule has 26 heavy (non-hydrogen) atoms. The second-order valence-corrected chi connectivity index (χ2v) is 7.21. The van der Waals surface area contributed by atoms with Crippen LogP contribution in [0, 0.1) is 11.8 Å². The topological polar surface area (TPSA) is 76.0 Å². The number of rotatable bonds is 6. The van der Waals surface area contributed by atoms with Crippen molar-refractivity contribution >= 4 is 11.7 Å². The van der Waals surface area contributed by atoms with Crippen LogP contribution in [0.3, 0.4) is 0 Å². The molecule has 1 aromatic heterocycles. The van der Waals surface area contributed by atoms with Crippen molar-refractivity contribution in [1.29, 1.82) is 0 Å². The molecule has 1 aliphatic heterocycles. The molecule has 2 N–H and O–H groups in total. The summed E-state index contributed by atoms with van der Waals surface area (Å²) in [4.78, 5) is 25.0.